The predicted octanol–water partition coefficient (Wildman–Crippen LogP) is 1.59. The number of hydrogen-bond donors (Lipinski definition) is 2. The zero-order valence-electron chi connectivity index (χ0n) is 12.7. The van der Waals surface area contributed by atoms with Gasteiger partial charge in [0.25, 0.3) is 0 Å². The van der Waals surface area contributed by atoms with Gasteiger partial charge in [-0.1, -0.05) is 6.92 Å². The summed E-state index contributed by atoms with van der Waals surface area (Å²) in [4.78, 5) is 14.2. The van der Waals surface area contributed by atoms with E-state index in [4.69, 9.17) is 4.74 Å². The van der Waals surface area contributed by atoms with Gasteiger partial charge in [-0.3, -0.25) is 4.90 Å². The molecular formula is C15H29N3O2. The molecule has 1 heterocycles. The maximum atomic E-state index is 11.8. The van der Waals surface area contributed by atoms with Crippen molar-refractivity contribution in [3.05, 3.63) is 0 Å². The second-order valence-corrected chi connectivity index (χ2v) is 6.16. The van der Waals surface area contributed by atoms with Crippen LogP contribution in [0.4, 0.5) is 4.79 Å². The molecule has 116 valence electrons. The van der Waals surface area contributed by atoms with Crippen LogP contribution in [0, 0.1) is 5.92 Å². The average molecular weight is 283 g/mol. The second kappa shape index (κ2) is 8.47. The maximum absolute atomic E-state index is 11.8. The highest BCUT2D eigenvalue weighted by molar-refractivity contribution is 5.74. The van der Waals surface area contributed by atoms with Crippen molar-refractivity contribution in [2.45, 2.75) is 45.1 Å². The molecule has 1 aliphatic heterocycles. The molecule has 2 rings (SSSR count). The third-order valence-corrected chi connectivity index (χ3v) is 4.39. The van der Waals surface area contributed by atoms with E-state index < -0.39 is 0 Å². The van der Waals surface area contributed by atoms with Gasteiger partial charge in [-0.25, -0.2) is 4.79 Å². The number of carbonyl (C=O) groups excluding carboxylic acids is 1. The SMILES string of the molecule is CC1CCC(NC(=O)NCCCN2CCOCC2)CC1. The molecule has 1 saturated carbocycles. The van der Waals surface area contributed by atoms with Gasteiger partial charge in [-0.2, -0.15) is 0 Å². The summed E-state index contributed by atoms with van der Waals surface area (Å²) in [5, 5.41) is 6.07. The molecule has 2 N–H and O–H groups in total. The number of nitrogens with one attached hydrogen (secondary N) is 2. The molecule has 5 heteroatoms. The van der Waals surface area contributed by atoms with Crippen LogP contribution >= 0.6 is 0 Å². The summed E-state index contributed by atoms with van der Waals surface area (Å²) in [6.45, 7) is 7.82. The van der Waals surface area contributed by atoms with Crippen molar-refractivity contribution in [3.63, 3.8) is 0 Å². The van der Waals surface area contributed by atoms with Gasteiger partial charge in [0.1, 0.15) is 0 Å². The fraction of sp³-hybridized carbons (Fsp3) is 0.933. The van der Waals surface area contributed by atoms with Crippen molar-refractivity contribution < 1.29 is 9.53 Å². The zero-order valence-corrected chi connectivity index (χ0v) is 12.7. The van der Waals surface area contributed by atoms with Crippen LogP contribution in [0.5, 0.6) is 0 Å². The molecule has 1 aliphatic carbocycles. The van der Waals surface area contributed by atoms with Gasteiger partial charge >= 0.3 is 6.03 Å². The highest BCUT2D eigenvalue weighted by Crippen LogP contribution is 2.23. The third-order valence-electron chi connectivity index (χ3n) is 4.39. The molecule has 20 heavy (non-hydrogen) atoms. The fourth-order valence-electron chi connectivity index (χ4n) is 2.97. The van der Waals surface area contributed by atoms with Crippen molar-refractivity contribution in [2.75, 3.05) is 39.4 Å². The monoisotopic (exact) mass is 283 g/mol. The minimum Gasteiger partial charge on any atom is -0.379 e. The molecular weight excluding hydrogens is 254 g/mol. The van der Waals surface area contributed by atoms with Crippen LogP contribution in [0.2, 0.25) is 0 Å². The summed E-state index contributed by atoms with van der Waals surface area (Å²) in [5.74, 6) is 0.824. The Bertz CT molecular complexity index is 285. The van der Waals surface area contributed by atoms with Crippen LogP contribution in [0.15, 0.2) is 0 Å². The van der Waals surface area contributed by atoms with Crippen LogP contribution < -0.4 is 10.6 Å². The van der Waals surface area contributed by atoms with Crippen LogP contribution in [0.3, 0.4) is 0 Å². The van der Waals surface area contributed by atoms with Gasteiger partial charge in [0.2, 0.25) is 0 Å². The first kappa shape index (κ1) is 15.6. The Balaban J connectivity index is 1.49. The van der Waals surface area contributed by atoms with Crippen LogP contribution in [0.25, 0.3) is 0 Å². The number of urea groups is 1. The van der Waals surface area contributed by atoms with E-state index in [1.165, 1.54) is 12.8 Å². The highest BCUT2D eigenvalue weighted by Gasteiger charge is 2.19. The number of hydrogen-bond acceptors (Lipinski definition) is 3. The lowest BCUT2D eigenvalue weighted by molar-refractivity contribution is 0.0375. The van der Waals surface area contributed by atoms with Crippen molar-refractivity contribution >= 4 is 6.03 Å². The summed E-state index contributed by atoms with van der Waals surface area (Å²) in [7, 11) is 0. The van der Waals surface area contributed by atoms with Gasteiger partial charge in [-0.05, 0) is 44.6 Å². The molecule has 2 fully saturated rings. The van der Waals surface area contributed by atoms with Crippen molar-refractivity contribution in [2.24, 2.45) is 5.92 Å². The molecule has 1 saturated heterocycles. The van der Waals surface area contributed by atoms with Crippen LogP contribution in [-0.4, -0.2) is 56.4 Å². The normalized spacial score (nSPS) is 28.1. The van der Waals surface area contributed by atoms with Gasteiger partial charge in [0.15, 0.2) is 0 Å². The van der Waals surface area contributed by atoms with Gasteiger partial charge in [0, 0.05) is 25.7 Å². The first-order chi connectivity index (χ1) is 9.74. The van der Waals surface area contributed by atoms with E-state index in [2.05, 4.69) is 22.5 Å². The topological polar surface area (TPSA) is 53.6 Å². The van der Waals surface area contributed by atoms with E-state index >= 15 is 0 Å². The molecule has 2 aliphatic rings. The Labute approximate surface area is 122 Å². The van der Waals surface area contributed by atoms with E-state index in [-0.39, 0.29) is 6.03 Å². The molecule has 0 aromatic heterocycles. The summed E-state index contributed by atoms with van der Waals surface area (Å²) in [6, 6.07) is 0.386. The molecule has 0 aromatic rings. The molecule has 0 radical (unpaired) electrons. The predicted molar refractivity (Wildman–Crippen MR) is 79.8 cm³/mol. The number of rotatable bonds is 5. The summed E-state index contributed by atoms with van der Waals surface area (Å²) >= 11 is 0. The maximum Gasteiger partial charge on any atom is 0.315 e. The summed E-state index contributed by atoms with van der Waals surface area (Å²) in [6.07, 6.45) is 5.74. The fourth-order valence-corrected chi connectivity index (χ4v) is 2.97. The third kappa shape index (κ3) is 5.67. The first-order valence-electron chi connectivity index (χ1n) is 8.08. The van der Waals surface area contributed by atoms with E-state index in [1.54, 1.807) is 0 Å². The number of carbonyl (C=O) groups is 1. The number of ether oxygens (including phenoxy) is 1. The minimum atomic E-state index is 0.00605. The van der Waals surface area contributed by atoms with Gasteiger partial charge in [0.05, 0.1) is 13.2 Å². The molecule has 0 unspecified atom stereocenters. The van der Waals surface area contributed by atoms with Crippen LogP contribution in [-0.2, 0) is 4.74 Å². The summed E-state index contributed by atoms with van der Waals surface area (Å²) in [5.41, 5.74) is 0. The Hall–Kier alpha value is -0.810. The molecule has 0 aromatic carbocycles. The van der Waals surface area contributed by atoms with Gasteiger partial charge in [-0.15, -0.1) is 0 Å². The molecule has 0 bridgehead atoms. The van der Waals surface area contributed by atoms with E-state index in [1.807, 2.05) is 0 Å². The average Bonchev–Trinajstić information content (AvgIpc) is 2.47. The largest absolute Gasteiger partial charge is 0.379 e. The smallest absolute Gasteiger partial charge is 0.315 e. The lowest BCUT2D eigenvalue weighted by Crippen LogP contribution is -2.44. The van der Waals surface area contributed by atoms with E-state index in [0.29, 0.717) is 6.04 Å². The summed E-state index contributed by atoms with van der Waals surface area (Å²) < 4.78 is 5.31. The number of amides is 2. The molecule has 0 atom stereocenters. The Morgan fingerprint density at radius 2 is 1.90 bits per heavy atom. The van der Waals surface area contributed by atoms with Gasteiger partial charge < -0.3 is 15.4 Å². The molecule has 5 nitrogen and oxygen atoms in total. The second-order valence-electron chi connectivity index (χ2n) is 6.16. The molecule has 0 spiro atoms. The Morgan fingerprint density at radius 3 is 2.60 bits per heavy atom. The Morgan fingerprint density at radius 1 is 1.20 bits per heavy atom. The number of nitrogens with zero attached hydrogens (tertiary/aromatic N) is 1. The Kier molecular flexibility index (Phi) is 6.60. The zero-order chi connectivity index (χ0) is 14.2. The number of morpholine rings is 1. The minimum absolute atomic E-state index is 0.00605. The molecule has 2 amide bonds. The standard InChI is InChI=1S/C15H29N3O2/c1-13-3-5-14(6-4-13)17-15(19)16-7-2-8-18-9-11-20-12-10-18/h13-14H,2-12H2,1H3,(H2,16,17,19). The first-order valence-corrected chi connectivity index (χ1v) is 8.08. The van der Waals surface area contributed by atoms with Crippen LogP contribution in [0.1, 0.15) is 39.0 Å². The highest BCUT2D eigenvalue weighted by atomic mass is 16.5. The quantitative estimate of drug-likeness (QED) is 0.753. The van der Waals surface area contributed by atoms with E-state index in [9.17, 15) is 4.79 Å². The lowest BCUT2D eigenvalue weighted by atomic mass is 9.87. The lowest BCUT2D eigenvalue weighted by Gasteiger charge is -2.27. The van der Waals surface area contributed by atoms with Crippen molar-refractivity contribution in [1.82, 2.24) is 15.5 Å². The van der Waals surface area contributed by atoms with Crippen molar-refractivity contribution in [3.8, 4) is 0 Å². The van der Waals surface area contributed by atoms with Crippen molar-refractivity contribution in [1.29, 1.82) is 0 Å². The van der Waals surface area contributed by atoms with E-state index in [0.717, 1.165) is 64.6 Å².